The van der Waals surface area contributed by atoms with Crippen LogP contribution in [-0.4, -0.2) is 19.2 Å². The molecular formula is C17H12F3N5. The highest BCUT2D eigenvalue weighted by Gasteiger charge is 2.34. The van der Waals surface area contributed by atoms with Gasteiger partial charge in [0.05, 0.1) is 16.9 Å². The average Bonchev–Trinajstić information content (AvgIpc) is 3.14. The first-order valence-electron chi connectivity index (χ1n) is 7.38. The number of imidazole rings is 1. The van der Waals surface area contributed by atoms with E-state index in [-0.39, 0.29) is 11.4 Å². The fraction of sp³-hybridized carbons (Fsp3) is 0.0588. The summed E-state index contributed by atoms with van der Waals surface area (Å²) in [7, 11) is 0. The van der Waals surface area contributed by atoms with E-state index in [1.807, 2.05) is 6.07 Å². The number of nitrogen functional groups attached to an aromatic ring is 1. The first-order chi connectivity index (χ1) is 11.9. The van der Waals surface area contributed by atoms with Crippen LogP contribution in [0.3, 0.4) is 0 Å². The van der Waals surface area contributed by atoms with Gasteiger partial charge < -0.3 is 5.73 Å². The highest BCUT2D eigenvalue weighted by atomic mass is 19.4. The third-order valence-corrected chi connectivity index (χ3v) is 3.86. The molecule has 0 amide bonds. The summed E-state index contributed by atoms with van der Waals surface area (Å²) < 4.78 is 43.0. The number of alkyl halides is 3. The highest BCUT2D eigenvalue weighted by Crippen LogP contribution is 2.35. The second-order valence-corrected chi connectivity index (χ2v) is 5.52. The zero-order valence-corrected chi connectivity index (χ0v) is 12.8. The van der Waals surface area contributed by atoms with Crippen molar-refractivity contribution in [1.82, 2.24) is 19.2 Å². The van der Waals surface area contributed by atoms with Crippen LogP contribution in [0.4, 0.5) is 18.9 Å². The molecule has 0 fully saturated rings. The summed E-state index contributed by atoms with van der Waals surface area (Å²) in [5.41, 5.74) is 7.05. The van der Waals surface area contributed by atoms with Crippen LogP contribution in [0.15, 0.2) is 61.2 Å². The zero-order chi connectivity index (χ0) is 17.6. The van der Waals surface area contributed by atoms with Crippen molar-refractivity contribution in [2.24, 2.45) is 0 Å². The van der Waals surface area contributed by atoms with Crippen molar-refractivity contribution in [2.75, 3.05) is 5.73 Å². The second-order valence-electron chi connectivity index (χ2n) is 5.52. The Kier molecular flexibility index (Phi) is 3.28. The fourth-order valence-corrected chi connectivity index (χ4v) is 2.73. The molecule has 0 spiro atoms. The van der Waals surface area contributed by atoms with Gasteiger partial charge in [-0.15, -0.1) is 0 Å². The molecule has 126 valence electrons. The van der Waals surface area contributed by atoms with Crippen LogP contribution < -0.4 is 5.73 Å². The van der Waals surface area contributed by atoms with E-state index in [1.54, 1.807) is 30.7 Å². The van der Waals surface area contributed by atoms with Crippen LogP contribution in [0.1, 0.15) is 5.56 Å². The smallest absolute Gasteiger partial charge is 0.399 e. The van der Waals surface area contributed by atoms with Crippen LogP contribution in [0.25, 0.3) is 22.6 Å². The molecule has 5 nitrogen and oxygen atoms in total. The quantitative estimate of drug-likeness (QED) is 0.563. The van der Waals surface area contributed by atoms with Crippen molar-refractivity contribution < 1.29 is 13.2 Å². The number of aromatic nitrogens is 4. The summed E-state index contributed by atoms with van der Waals surface area (Å²) in [5, 5.41) is 4.39. The molecule has 8 heteroatoms. The minimum absolute atomic E-state index is 0.0415. The molecule has 0 atom stereocenters. The van der Waals surface area contributed by atoms with E-state index < -0.39 is 11.7 Å². The fourth-order valence-electron chi connectivity index (χ4n) is 2.73. The lowest BCUT2D eigenvalue weighted by atomic mass is 10.1. The van der Waals surface area contributed by atoms with Crippen LogP contribution >= 0.6 is 0 Å². The molecule has 0 aliphatic carbocycles. The van der Waals surface area contributed by atoms with Gasteiger partial charge in [0.25, 0.3) is 0 Å². The van der Waals surface area contributed by atoms with E-state index in [2.05, 4.69) is 10.1 Å². The normalized spacial score (nSPS) is 12.0. The lowest BCUT2D eigenvalue weighted by molar-refractivity contribution is -0.137. The molecule has 0 aliphatic rings. The minimum Gasteiger partial charge on any atom is -0.399 e. The number of nitrogens with zero attached hydrogens (tertiary/aromatic N) is 4. The number of pyridine rings is 1. The lowest BCUT2D eigenvalue weighted by Crippen LogP contribution is -2.11. The Morgan fingerprint density at radius 1 is 1.04 bits per heavy atom. The molecule has 0 saturated heterocycles. The number of anilines is 1. The van der Waals surface area contributed by atoms with E-state index in [0.717, 1.165) is 11.6 Å². The predicted molar refractivity (Wildman–Crippen MR) is 87.2 cm³/mol. The van der Waals surface area contributed by atoms with Crippen molar-refractivity contribution in [2.45, 2.75) is 6.18 Å². The molecule has 2 N–H and O–H groups in total. The monoisotopic (exact) mass is 343 g/mol. The number of benzene rings is 1. The van der Waals surface area contributed by atoms with Gasteiger partial charge in [-0.2, -0.15) is 18.3 Å². The number of halogens is 3. The summed E-state index contributed by atoms with van der Waals surface area (Å²) in [6, 6.07) is 8.85. The molecule has 4 rings (SSSR count). The Bertz CT molecular complexity index is 1050. The number of hydrogen-bond acceptors (Lipinski definition) is 3. The molecule has 25 heavy (non-hydrogen) atoms. The summed E-state index contributed by atoms with van der Waals surface area (Å²) >= 11 is 0. The molecule has 3 aromatic heterocycles. The van der Waals surface area contributed by atoms with E-state index in [0.29, 0.717) is 11.3 Å². The minimum atomic E-state index is -4.49. The summed E-state index contributed by atoms with van der Waals surface area (Å²) in [6.07, 6.45) is 1.92. The molecule has 3 heterocycles. The molecule has 4 aromatic rings. The largest absolute Gasteiger partial charge is 0.418 e. The average molecular weight is 343 g/mol. The SMILES string of the molecule is Nc1ccc(C(F)(F)F)c(-n2ccn3nc(-c4cccnc4)cc23)c1. The van der Waals surface area contributed by atoms with E-state index in [4.69, 9.17) is 5.73 Å². The van der Waals surface area contributed by atoms with Crippen LogP contribution in [0.5, 0.6) is 0 Å². The van der Waals surface area contributed by atoms with Gasteiger partial charge in [0.15, 0.2) is 0 Å². The third kappa shape index (κ3) is 2.61. The van der Waals surface area contributed by atoms with Crippen LogP contribution in [0.2, 0.25) is 0 Å². The van der Waals surface area contributed by atoms with Gasteiger partial charge in [-0.3, -0.25) is 9.55 Å². The van der Waals surface area contributed by atoms with Gasteiger partial charge in [0, 0.05) is 42.1 Å². The lowest BCUT2D eigenvalue weighted by Gasteiger charge is -2.14. The van der Waals surface area contributed by atoms with E-state index in [1.165, 1.54) is 27.4 Å². The Balaban J connectivity index is 1.91. The molecule has 0 unspecified atom stereocenters. The Labute approximate surface area is 140 Å². The maximum Gasteiger partial charge on any atom is 0.418 e. The first kappa shape index (κ1) is 15.3. The Hall–Kier alpha value is -3.29. The molecular weight excluding hydrogens is 331 g/mol. The molecule has 0 saturated carbocycles. The summed E-state index contributed by atoms with van der Waals surface area (Å²) in [5.74, 6) is 0. The highest BCUT2D eigenvalue weighted by molar-refractivity contribution is 5.66. The van der Waals surface area contributed by atoms with Crippen molar-refractivity contribution in [3.8, 4) is 16.9 Å². The molecule has 0 radical (unpaired) electrons. The van der Waals surface area contributed by atoms with Crippen molar-refractivity contribution in [3.05, 3.63) is 66.7 Å². The Morgan fingerprint density at radius 3 is 2.60 bits per heavy atom. The number of nitrogens with two attached hydrogens (primary N) is 1. The standard InChI is InChI=1S/C17H12F3N5/c18-17(19,20)13-4-3-12(21)8-15(13)24-6-7-25-16(24)9-14(23-25)11-2-1-5-22-10-11/h1-10H,21H2. The van der Waals surface area contributed by atoms with Crippen molar-refractivity contribution in [1.29, 1.82) is 0 Å². The number of fused-ring (bicyclic) bond motifs is 1. The van der Waals surface area contributed by atoms with E-state index >= 15 is 0 Å². The van der Waals surface area contributed by atoms with Gasteiger partial charge in [0.1, 0.15) is 5.65 Å². The summed E-state index contributed by atoms with van der Waals surface area (Å²) in [4.78, 5) is 4.03. The van der Waals surface area contributed by atoms with Crippen LogP contribution in [0, 0.1) is 0 Å². The number of hydrogen-bond donors (Lipinski definition) is 1. The third-order valence-electron chi connectivity index (χ3n) is 3.86. The van der Waals surface area contributed by atoms with E-state index in [9.17, 15) is 13.2 Å². The zero-order valence-electron chi connectivity index (χ0n) is 12.8. The maximum atomic E-state index is 13.4. The van der Waals surface area contributed by atoms with Crippen molar-refractivity contribution >= 4 is 11.3 Å². The van der Waals surface area contributed by atoms with Gasteiger partial charge in [0.2, 0.25) is 0 Å². The van der Waals surface area contributed by atoms with Gasteiger partial charge in [-0.25, -0.2) is 4.52 Å². The van der Waals surface area contributed by atoms with Gasteiger partial charge in [-0.05, 0) is 30.3 Å². The second kappa shape index (κ2) is 5.37. The van der Waals surface area contributed by atoms with Gasteiger partial charge >= 0.3 is 6.18 Å². The van der Waals surface area contributed by atoms with Crippen LogP contribution in [-0.2, 0) is 6.18 Å². The predicted octanol–water partition coefficient (Wildman–Crippen LogP) is 3.79. The molecule has 0 aliphatic heterocycles. The molecule has 0 bridgehead atoms. The first-order valence-corrected chi connectivity index (χ1v) is 7.38. The van der Waals surface area contributed by atoms with Gasteiger partial charge in [-0.1, -0.05) is 0 Å². The maximum absolute atomic E-state index is 13.4. The van der Waals surface area contributed by atoms with Crippen molar-refractivity contribution in [3.63, 3.8) is 0 Å². The summed E-state index contributed by atoms with van der Waals surface area (Å²) in [6.45, 7) is 0. The number of rotatable bonds is 2. The topological polar surface area (TPSA) is 61.1 Å². The Morgan fingerprint density at radius 2 is 1.88 bits per heavy atom. The molecule has 1 aromatic carbocycles.